The van der Waals surface area contributed by atoms with E-state index in [-0.39, 0.29) is 23.9 Å². The summed E-state index contributed by atoms with van der Waals surface area (Å²) in [7, 11) is -2.77. The molecule has 0 heterocycles. The number of halogens is 4. The number of alkyl halides is 3. The van der Waals surface area contributed by atoms with E-state index in [2.05, 4.69) is 5.32 Å². The van der Waals surface area contributed by atoms with Gasteiger partial charge in [-0.3, -0.25) is 13.9 Å². The highest BCUT2D eigenvalue weighted by atomic mass is 35.5. The number of carbonyl (C=O) groups excluding carboxylic acids is 2. The van der Waals surface area contributed by atoms with Gasteiger partial charge in [-0.15, -0.1) is 0 Å². The van der Waals surface area contributed by atoms with Gasteiger partial charge in [-0.05, 0) is 48.2 Å². The van der Waals surface area contributed by atoms with Crippen LogP contribution in [0.4, 0.5) is 18.9 Å². The number of amides is 2. The molecule has 0 saturated heterocycles. The van der Waals surface area contributed by atoms with Crippen LogP contribution in [-0.2, 0) is 32.3 Å². The maximum absolute atomic E-state index is 13.7. The SMILES string of the molecule is CC[C@H](C(=O)NCC(C)C)N(Cc1ccc(OC)cc1)C(=O)CN(c1cc(C(F)(F)F)ccc1Cl)S(C)(=O)=O. The van der Waals surface area contributed by atoms with Crippen molar-refractivity contribution in [3.63, 3.8) is 0 Å². The highest BCUT2D eigenvalue weighted by molar-refractivity contribution is 7.92. The molecule has 2 aromatic rings. The Morgan fingerprint density at radius 2 is 1.72 bits per heavy atom. The summed E-state index contributed by atoms with van der Waals surface area (Å²) in [6.07, 6.45) is -3.80. The number of carbonyl (C=O) groups is 2. The van der Waals surface area contributed by atoms with Gasteiger partial charge in [0.2, 0.25) is 21.8 Å². The lowest BCUT2D eigenvalue weighted by atomic mass is 10.1. The zero-order valence-electron chi connectivity index (χ0n) is 22.4. The highest BCUT2D eigenvalue weighted by Gasteiger charge is 2.35. The molecule has 0 fully saturated rings. The first-order chi connectivity index (χ1) is 18.1. The van der Waals surface area contributed by atoms with E-state index in [0.29, 0.717) is 28.2 Å². The van der Waals surface area contributed by atoms with Crippen molar-refractivity contribution in [2.45, 2.75) is 46.0 Å². The third-order valence-corrected chi connectivity index (χ3v) is 7.25. The number of sulfonamides is 1. The molecule has 2 amide bonds. The van der Waals surface area contributed by atoms with Crippen LogP contribution in [0.2, 0.25) is 5.02 Å². The van der Waals surface area contributed by atoms with E-state index in [4.69, 9.17) is 16.3 Å². The maximum atomic E-state index is 13.7. The van der Waals surface area contributed by atoms with Gasteiger partial charge in [0.25, 0.3) is 0 Å². The number of rotatable bonds is 12. The number of methoxy groups -OCH3 is 1. The van der Waals surface area contributed by atoms with E-state index in [0.717, 1.165) is 18.4 Å². The van der Waals surface area contributed by atoms with Crippen LogP contribution in [0, 0.1) is 5.92 Å². The monoisotopic (exact) mass is 591 g/mol. The fourth-order valence-electron chi connectivity index (χ4n) is 3.74. The Kier molecular flexibility index (Phi) is 11.1. The van der Waals surface area contributed by atoms with Crippen molar-refractivity contribution in [2.24, 2.45) is 5.92 Å². The molecule has 0 aliphatic carbocycles. The molecule has 13 heteroatoms. The summed E-state index contributed by atoms with van der Waals surface area (Å²) in [5, 5.41) is 2.50. The third-order valence-electron chi connectivity index (χ3n) is 5.80. The van der Waals surface area contributed by atoms with Gasteiger partial charge in [-0.2, -0.15) is 13.2 Å². The fourth-order valence-corrected chi connectivity index (χ4v) is 4.87. The van der Waals surface area contributed by atoms with Gasteiger partial charge in [-0.25, -0.2) is 8.42 Å². The number of nitrogens with one attached hydrogen (secondary N) is 1. The van der Waals surface area contributed by atoms with Gasteiger partial charge in [0.15, 0.2) is 0 Å². The van der Waals surface area contributed by atoms with Crippen LogP contribution in [0.1, 0.15) is 38.3 Å². The molecule has 2 rings (SSSR count). The second kappa shape index (κ2) is 13.4. The van der Waals surface area contributed by atoms with Gasteiger partial charge in [0.1, 0.15) is 18.3 Å². The standard InChI is InChI=1S/C26H33ClF3N3O5S/c1-6-22(25(35)31-14-17(2)3)32(15-18-7-10-20(38-4)11-8-18)24(34)16-33(39(5,36)37)23-13-19(26(28,29)30)9-12-21(23)27/h7-13,17,22H,6,14-16H2,1-5H3,(H,31,35)/t22-/m1/s1. The molecular weight excluding hydrogens is 559 g/mol. The van der Waals surface area contributed by atoms with Crippen molar-refractivity contribution < 1.29 is 35.9 Å². The molecule has 1 atom stereocenters. The van der Waals surface area contributed by atoms with Crippen molar-refractivity contribution >= 4 is 39.1 Å². The molecule has 0 unspecified atom stereocenters. The summed E-state index contributed by atoms with van der Waals surface area (Å²) in [5.74, 6) is -0.519. The van der Waals surface area contributed by atoms with Crippen molar-refractivity contribution in [1.29, 1.82) is 0 Å². The van der Waals surface area contributed by atoms with E-state index >= 15 is 0 Å². The minimum absolute atomic E-state index is 0.0651. The summed E-state index contributed by atoms with van der Waals surface area (Å²) < 4.78 is 71.2. The summed E-state index contributed by atoms with van der Waals surface area (Å²) in [4.78, 5) is 28.0. The molecule has 8 nitrogen and oxygen atoms in total. The highest BCUT2D eigenvalue weighted by Crippen LogP contribution is 2.36. The number of ether oxygens (including phenoxy) is 1. The van der Waals surface area contributed by atoms with Crippen LogP contribution in [0.25, 0.3) is 0 Å². The van der Waals surface area contributed by atoms with Gasteiger partial charge >= 0.3 is 6.18 Å². The molecular formula is C26H33ClF3N3O5S. The molecule has 2 aromatic carbocycles. The summed E-state index contributed by atoms with van der Waals surface area (Å²) >= 11 is 6.11. The number of benzene rings is 2. The average molecular weight is 592 g/mol. The first-order valence-electron chi connectivity index (χ1n) is 12.1. The summed E-state index contributed by atoms with van der Waals surface area (Å²) in [5.41, 5.74) is -0.996. The summed E-state index contributed by atoms with van der Waals surface area (Å²) in [6, 6.07) is 7.97. The second-order valence-electron chi connectivity index (χ2n) is 9.37. The normalized spacial score (nSPS) is 12.7. The summed E-state index contributed by atoms with van der Waals surface area (Å²) in [6.45, 7) is 4.93. The molecule has 39 heavy (non-hydrogen) atoms. The minimum Gasteiger partial charge on any atom is -0.497 e. The van der Waals surface area contributed by atoms with Gasteiger partial charge in [-0.1, -0.05) is 44.5 Å². The Hall–Kier alpha value is -2.99. The quantitative estimate of drug-likeness (QED) is 0.386. The predicted molar refractivity (Wildman–Crippen MR) is 144 cm³/mol. The minimum atomic E-state index is -4.77. The molecule has 0 bridgehead atoms. The molecule has 0 aromatic heterocycles. The van der Waals surface area contributed by atoms with Crippen LogP contribution < -0.4 is 14.4 Å². The average Bonchev–Trinajstić information content (AvgIpc) is 2.85. The lowest BCUT2D eigenvalue weighted by Gasteiger charge is -2.33. The van der Waals surface area contributed by atoms with Crippen LogP contribution >= 0.6 is 11.6 Å². The zero-order valence-corrected chi connectivity index (χ0v) is 24.0. The zero-order chi connectivity index (χ0) is 29.5. The number of anilines is 1. The van der Waals surface area contributed by atoms with Crippen LogP contribution in [0.5, 0.6) is 5.75 Å². The first-order valence-corrected chi connectivity index (χ1v) is 14.4. The smallest absolute Gasteiger partial charge is 0.416 e. The van der Waals surface area contributed by atoms with Crippen molar-refractivity contribution in [2.75, 3.05) is 30.8 Å². The molecule has 0 saturated carbocycles. The second-order valence-corrected chi connectivity index (χ2v) is 11.7. The molecule has 0 radical (unpaired) electrons. The van der Waals surface area contributed by atoms with E-state index < -0.39 is 51.9 Å². The van der Waals surface area contributed by atoms with Crippen LogP contribution in [-0.4, -0.2) is 57.6 Å². The lowest BCUT2D eigenvalue weighted by Crippen LogP contribution is -2.52. The predicted octanol–water partition coefficient (Wildman–Crippen LogP) is 4.71. The van der Waals surface area contributed by atoms with Gasteiger partial charge in [0, 0.05) is 13.1 Å². The first kappa shape index (κ1) is 32.2. The molecule has 1 N–H and O–H groups in total. The number of hydrogen-bond donors (Lipinski definition) is 1. The fraction of sp³-hybridized carbons (Fsp3) is 0.462. The number of hydrogen-bond acceptors (Lipinski definition) is 5. The topological polar surface area (TPSA) is 96.0 Å². The molecule has 0 aliphatic heterocycles. The Balaban J connectivity index is 2.52. The van der Waals surface area contributed by atoms with Crippen LogP contribution in [0.15, 0.2) is 42.5 Å². The van der Waals surface area contributed by atoms with E-state index in [1.807, 2.05) is 13.8 Å². The molecule has 216 valence electrons. The number of nitrogens with zero attached hydrogens (tertiary/aromatic N) is 2. The Morgan fingerprint density at radius 3 is 2.21 bits per heavy atom. The van der Waals surface area contributed by atoms with Crippen molar-refractivity contribution in [3.05, 3.63) is 58.6 Å². The largest absolute Gasteiger partial charge is 0.497 e. The Morgan fingerprint density at radius 1 is 1.10 bits per heavy atom. The van der Waals surface area contributed by atoms with Crippen LogP contribution in [0.3, 0.4) is 0 Å². The Bertz CT molecular complexity index is 1250. The van der Waals surface area contributed by atoms with E-state index in [1.54, 1.807) is 31.2 Å². The Labute approximate surface area is 232 Å². The third kappa shape index (κ3) is 9.03. The van der Waals surface area contributed by atoms with E-state index in [1.165, 1.54) is 12.0 Å². The lowest BCUT2D eigenvalue weighted by molar-refractivity contribution is -0.140. The van der Waals surface area contributed by atoms with Crippen molar-refractivity contribution in [1.82, 2.24) is 10.2 Å². The van der Waals surface area contributed by atoms with Gasteiger partial charge in [0.05, 0.1) is 29.6 Å². The maximum Gasteiger partial charge on any atom is 0.416 e. The van der Waals surface area contributed by atoms with E-state index in [9.17, 15) is 31.2 Å². The molecule has 0 spiro atoms. The van der Waals surface area contributed by atoms with Crippen molar-refractivity contribution in [3.8, 4) is 5.75 Å². The molecule has 0 aliphatic rings. The van der Waals surface area contributed by atoms with Gasteiger partial charge < -0.3 is 15.0 Å².